The predicted molar refractivity (Wildman–Crippen MR) is 76.5 cm³/mol. The summed E-state index contributed by atoms with van der Waals surface area (Å²) in [5, 5.41) is 4.30. The van der Waals surface area contributed by atoms with Gasteiger partial charge in [-0.15, -0.1) is 0 Å². The summed E-state index contributed by atoms with van der Waals surface area (Å²) in [6.07, 6.45) is 2.61. The molecule has 1 aliphatic heterocycles. The minimum absolute atomic E-state index is 0.658. The quantitative estimate of drug-likeness (QED) is 0.917. The van der Waals surface area contributed by atoms with E-state index in [0.29, 0.717) is 6.04 Å². The third-order valence-corrected chi connectivity index (χ3v) is 4.12. The molecule has 17 heavy (non-hydrogen) atoms. The minimum Gasteiger partial charge on any atom is -0.313 e. The summed E-state index contributed by atoms with van der Waals surface area (Å²) in [5.74, 6) is 0. The number of likely N-dealkylation sites (N-methyl/N-ethyl adjacent to an activating group) is 1. The van der Waals surface area contributed by atoms with Crippen LogP contribution in [0.15, 0.2) is 22.7 Å². The summed E-state index contributed by atoms with van der Waals surface area (Å²) in [6.45, 7) is 3.23. The zero-order valence-electron chi connectivity index (χ0n) is 10.0. The number of hydrogen-bond acceptors (Lipinski definition) is 2. The summed E-state index contributed by atoms with van der Waals surface area (Å²) in [4.78, 5) is 2.36. The third-order valence-electron chi connectivity index (χ3n) is 3.15. The normalized spacial score (nSPS) is 20.1. The van der Waals surface area contributed by atoms with Gasteiger partial charge < -0.3 is 10.2 Å². The van der Waals surface area contributed by atoms with Crippen molar-refractivity contribution < 1.29 is 0 Å². The van der Waals surface area contributed by atoms with Gasteiger partial charge in [-0.2, -0.15) is 0 Å². The van der Waals surface area contributed by atoms with Gasteiger partial charge in [0.05, 0.1) is 0 Å². The lowest BCUT2D eigenvalue weighted by Crippen LogP contribution is -2.35. The predicted octanol–water partition coefficient (Wildman–Crippen LogP) is 3.29. The van der Waals surface area contributed by atoms with Crippen molar-refractivity contribution >= 4 is 27.5 Å². The van der Waals surface area contributed by atoms with Crippen LogP contribution in [0.1, 0.15) is 18.4 Å². The van der Waals surface area contributed by atoms with Gasteiger partial charge in [0, 0.05) is 28.6 Å². The van der Waals surface area contributed by atoms with E-state index in [1.807, 2.05) is 12.1 Å². The van der Waals surface area contributed by atoms with Gasteiger partial charge in [-0.1, -0.05) is 33.6 Å². The van der Waals surface area contributed by atoms with Crippen molar-refractivity contribution in [3.05, 3.63) is 33.3 Å². The molecule has 1 unspecified atom stereocenters. The largest absolute Gasteiger partial charge is 0.313 e. The maximum absolute atomic E-state index is 5.94. The molecule has 1 atom stereocenters. The van der Waals surface area contributed by atoms with Gasteiger partial charge in [0.2, 0.25) is 0 Å². The molecule has 1 saturated heterocycles. The molecular weight excluding hydrogens is 300 g/mol. The van der Waals surface area contributed by atoms with Gasteiger partial charge >= 0.3 is 0 Å². The van der Waals surface area contributed by atoms with Crippen molar-refractivity contribution in [2.75, 3.05) is 20.1 Å². The van der Waals surface area contributed by atoms with Crippen LogP contribution in [0.25, 0.3) is 0 Å². The van der Waals surface area contributed by atoms with Crippen molar-refractivity contribution in [2.24, 2.45) is 0 Å². The Labute approximate surface area is 116 Å². The van der Waals surface area contributed by atoms with Crippen LogP contribution in [0.5, 0.6) is 0 Å². The van der Waals surface area contributed by atoms with E-state index in [-0.39, 0.29) is 0 Å². The highest BCUT2D eigenvalue weighted by atomic mass is 79.9. The van der Waals surface area contributed by atoms with Crippen molar-refractivity contribution in [1.29, 1.82) is 0 Å². The van der Waals surface area contributed by atoms with Crippen molar-refractivity contribution in [3.8, 4) is 0 Å². The summed E-state index contributed by atoms with van der Waals surface area (Å²) < 4.78 is 1.09. The number of nitrogens with one attached hydrogen (secondary N) is 1. The van der Waals surface area contributed by atoms with Crippen LogP contribution in [0.4, 0.5) is 0 Å². The Morgan fingerprint density at radius 1 is 1.53 bits per heavy atom. The average molecular weight is 318 g/mol. The second-order valence-electron chi connectivity index (χ2n) is 4.73. The molecule has 1 fully saturated rings. The number of hydrogen-bond donors (Lipinski definition) is 1. The molecular formula is C13H18BrClN2. The first kappa shape index (κ1) is 13.3. The molecule has 4 heteroatoms. The number of rotatable bonds is 4. The second-order valence-corrected chi connectivity index (χ2v) is 6.02. The standard InChI is InChI=1S/C13H18BrClN2/c1-17(9-12-3-2-6-16-12)8-10-4-5-11(15)7-13(10)14/h4-5,7,12,16H,2-3,6,8-9H2,1H3. The first-order valence-corrected chi connectivity index (χ1v) is 7.18. The van der Waals surface area contributed by atoms with Crippen LogP contribution in [-0.4, -0.2) is 31.1 Å². The Hall–Kier alpha value is -0.0900. The molecule has 0 spiro atoms. The Bertz CT molecular complexity index is 378. The Morgan fingerprint density at radius 2 is 2.35 bits per heavy atom. The summed E-state index contributed by atoms with van der Waals surface area (Å²) >= 11 is 9.50. The lowest BCUT2D eigenvalue weighted by molar-refractivity contribution is 0.293. The molecule has 0 saturated carbocycles. The molecule has 1 aromatic rings. The van der Waals surface area contributed by atoms with Crippen LogP contribution in [0.3, 0.4) is 0 Å². The van der Waals surface area contributed by atoms with Crippen molar-refractivity contribution in [1.82, 2.24) is 10.2 Å². The molecule has 0 radical (unpaired) electrons. The van der Waals surface area contributed by atoms with Gasteiger partial charge in [-0.05, 0) is 44.1 Å². The van der Waals surface area contributed by atoms with Gasteiger partial charge in [0.15, 0.2) is 0 Å². The highest BCUT2D eigenvalue weighted by Gasteiger charge is 2.16. The van der Waals surface area contributed by atoms with Gasteiger partial charge in [-0.3, -0.25) is 0 Å². The SMILES string of the molecule is CN(Cc1ccc(Cl)cc1Br)CC1CCCN1. The van der Waals surface area contributed by atoms with E-state index in [0.717, 1.165) is 22.6 Å². The van der Waals surface area contributed by atoms with Crippen LogP contribution < -0.4 is 5.32 Å². The van der Waals surface area contributed by atoms with Crippen LogP contribution in [-0.2, 0) is 6.54 Å². The van der Waals surface area contributed by atoms with E-state index in [9.17, 15) is 0 Å². The van der Waals surface area contributed by atoms with E-state index < -0.39 is 0 Å². The van der Waals surface area contributed by atoms with E-state index in [1.54, 1.807) is 0 Å². The maximum atomic E-state index is 5.94. The smallest absolute Gasteiger partial charge is 0.0417 e. The van der Waals surface area contributed by atoms with Crippen LogP contribution in [0.2, 0.25) is 5.02 Å². The monoisotopic (exact) mass is 316 g/mol. The molecule has 1 heterocycles. The van der Waals surface area contributed by atoms with E-state index in [4.69, 9.17) is 11.6 Å². The highest BCUT2D eigenvalue weighted by Crippen LogP contribution is 2.22. The molecule has 0 bridgehead atoms. The topological polar surface area (TPSA) is 15.3 Å². The lowest BCUT2D eigenvalue weighted by Gasteiger charge is -2.21. The lowest BCUT2D eigenvalue weighted by atomic mass is 10.2. The fourth-order valence-corrected chi connectivity index (χ4v) is 3.10. The maximum Gasteiger partial charge on any atom is 0.0417 e. The van der Waals surface area contributed by atoms with Gasteiger partial charge in [0.25, 0.3) is 0 Å². The fourth-order valence-electron chi connectivity index (χ4n) is 2.29. The molecule has 1 aromatic carbocycles. The van der Waals surface area contributed by atoms with E-state index in [1.165, 1.54) is 24.9 Å². The number of halogens is 2. The first-order valence-electron chi connectivity index (χ1n) is 6.01. The van der Waals surface area contributed by atoms with Crippen molar-refractivity contribution in [2.45, 2.75) is 25.4 Å². The number of benzene rings is 1. The molecule has 1 N–H and O–H groups in total. The highest BCUT2D eigenvalue weighted by molar-refractivity contribution is 9.10. The van der Waals surface area contributed by atoms with E-state index in [2.05, 4.69) is 39.3 Å². The first-order chi connectivity index (χ1) is 8.15. The molecule has 2 nitrogen and oxygen atoms in total. The Morgan fingerprint density at radius 3 is 3.00 bits per heavy atom. The number of nitrogens with zero attached hydrogens (tertiary/aromatic N) is 1. The van der Waals surface area contributed by atoms with Crippen LogP contribution >= 0.6 is 27.5 Å². The molecule has 0 amide bonds. The van der Waals surface area contributed by atoms with E-state index >= 15 is 0 Å². The second kappa shape index (κ2) is 6.19. The third kappa shape index (κ3) is 3.95. The molecule has 1 aliphatic rings. The average Bonchev–Trinajstić information content (AvgIpc) is 2.75. The molecule has 0 aromatic heterocycles. The summed E-state index contributed by atoms with van der Waals surface area (Å²) in [5.41, 5.74) is 1.29. The summed E-state index contributed by atoms with van der Waals surface area (Å²) in [7, 11) is 2.17. The molecule has 2 rings (SSSR count). The zero-order valence-corrected chi connectivity index (χ0v) is 12.4. The molecule has 0 aliphatic carbocycles. The van der Waals surface area contributed by atoms with Gasteiger partial charge in [-0.25, -0.2) is 0 Å². The summed E-state index contributed by atoms with van der Waals surface area (Å²) in [6, 6.07) is 6.65. The van der Waals surface area contributed by atoms with Crippen LogP contribution in [0, 0.1) is 0 Å². The Balaban J connectivity index is 1.90. The Kier molecular flexibility index (Phi) is 4.86. The fraction of sp³-hybridized carbons (Fsp3) is 0.538. The molecule has 94 valence electrons. The zero-order chi connectivity index (χ0) is 12.3. The minimum atomic E-state index is 0.658. The van der Waals surface area contributed by atoms with Crippen molar-refractivity contribution in [3.63, 3.8) is 0 Å². The van der Waals surface area contributed by atoms with Gasteiger partial charge in [0.1, 0.15) is 0 Å².